The lowest BCUT2D eigenvalue weighted by Crippen LogP contribution is -2.35. The highest BCUT2D eigenvalue weighted by atomic mass is 35.5. The summed E-state index contributed by atoms with van der Waals surface area (Å²) in [6.07, 6.45) is 1.68. The van der Waals surface area contributed by atoms with Crippen molar-refractivity contribution in [3.05, 3.63) is 58.0 Å². The Morgan fingerprint density at radius 1 is 1.03 bits per heavy atom. The molecule has 2 aromatic carbocycles. The first-order valence-corrected chi connectivity index (χ1v) is 10.9. The summed E-state index contributed by atoms with van der Waals surface area (Å²) in [5.74, 6) is -1.07. The molecule has 0 spiro atoms. The molecule has 7 nitrogen and oxygen atoms in total. The van der Waals surface area contributed by atoms with Crippen LogP contribution in [0.3, 0.4) is 0 Å². The van der Waals surface area contributed by atoms with E-state index in [0.717, 1.165) is 0 Å². The number of thioether (sulfide) groups is 1. The second kappa shape index (κ2) is 10.0. The number of nitrogens with zero attached hydrogens (tertiary/aromatic N) is 2. The van der Waals surface area contributed by atoms with Crippen LogP contribution in [-0.2, 0) is 14.4 Å². The highest BCUT2D eigenvalue weighted by molar-refractivity contribution is 8.18. The number of hydrogen-bond acceptors (Lipinski definition) is 7. The summed E-state index contributed by atoms with van der Waals surface area (Å²) in [6.45, 7) is 6.32. The van der Waals surface area contributed by atoms with Crippen molar-refractivity contribution in [3.63, 3.8) is 0 Å². The molecule has 0 aromatic heterocycles. The van der Waals surface area contributed by atoms with Crippen molar-refractivity contribution in [1.82, 2.24) is 4.90 Å². The fourth-order valence-corrected chi connectivity index (χ4v) is 4.13. The van der Waals surface area contributed by atoms with E-state index < -0.39 is 11.9 Å². The molecule has 1 amide bonds. The van der Waals surface area contributed by atoms with Gasteiger partial charge in [0.15, 0.2) is 16.7 Å². The SMILES string of the molecule is CC(=O)Oc1ccc(/C=C2\SC(=Nc3ccc(Cl)cc3)N(C(C)C)C2=O)cc1OC(C)=O. The van der Waals surface area contributed by atoms with Gasteiger partial charge in [-0.25, -0.2) is 4.99 Å². The molecule has 1 saturated heterocycles. The molecule has 2 aromatic rings. The van der Waals surface area contributed by atoms with Crippen LogP contribution >= 0.6 is 23.4 Å². The molecular formula is C23H21ClN2O5S. The zero-order chi connectivity index (χ0) is 23.4. The quantitative estimate of drug-likeness (QED) is 0.337. The van der Waals surface area contributed by atoms with Crippen LogP contribution in [0, 0.1) is 0 Å². The van der Waals surface area contributed by atoms with Crippen molar-refractivity contribution < 1.29 is 23.9 Å². The van der Waals surface area contributed by atoms with Gasteiger partial charge in [-0.15, -0.1) is 0 Å². The van der Waals surface area contributed by atoms with Crippen molar-refractivity contribution in [2.75, 3.05) is 0 Å². The normalized spacial score (nSPS) is 16.2. The van der Waals surface area contributed by atoms with E-state index in [2.05, 4.69) is 4.99 Å². The molecule has 1 aliphatic heterocycles. The monoisotopic (exact) mass is 472 g/mol. The Hall–Kier alpha value is -3.10. The number of benzene rings is 2. The molecule has 0 radical (unpaired) electrons. The van der Waals surface area contributed by atoms with Gasteiger partial charge >= 0.3 is 11.9 Å². The van der Waals surface area contributed by atoms with Crippen LogP contribution in [0.2, 0.25) is 5.02 Å². The van der Waals surface area contributed by atoms with Crippen LogP contribution < -0.4 is 9.47 Å². The molecule has 1 aliphatic rings. The van der Waals surface area contributed by atoms with E-state index in [1.54, 1.807) is 41.3 Å². The molecule has 0 N–H and O–H groups in total. The Morgan fingerprint density at radius 3 is 2.25 bits per heavy atom. The molecule has 3 rings (SSSR count). The highest BCUT2D eigenvalue weighted by Gasteiger charge is 2.35. The van der Waals surface area contributed by atoms with Gasteiger partial charge in [-0.3, -0.25) is 19.3 Å². The number of amides is 1. The summed E-state index contributed by atoms with van der Waals surface area (Å²) >= 11 is 7.19. The molecule has 9 heteroatoms. The zero-order valence-electron chi connectivity index (χ0n) is 17.9. The van der Waals surface area contributed by atoms with Crippen molar-refractivity contribution in [2.45, 2.75) is 33.7 Å². The summed E-state index contributed by atoms with van der Waals surface area (Å²) in [6, 6.07) is 11.6. The molecule has 32 heavy (non-hydrogen) atoms. The summed E-state index contributed by atoms with van der Waals surface area (Å²) in [7, 11) is 0. The van der Waals surface area contributed by atoms with E-state index in [0.29, 0.717) is 26.3 Å². The van der Waals surface area contributed by atoms with Crippen LogP contribution in [0.25, 0.3) is 6.08 Å². The molecule has 1 fully saturated rings. The standard InChI is InChI=1S/C23H21ClN2O5S/c1-13(2)26-22(29)21(32-23(26)25-18-8-6-17(24)7-9-18)12-16-5-10-19(30-14(3)27)20(11-16)31-15(4)28/h5-13H,1-4H3/b21-12-,25-23?. The second-order valence-corrected chi connectivity index (χ2v) is 8.59. The van der Waals surface area contributed by atoms with Crippen molar-refractivity contribution >= 4 is 58.1 Å². The first-order valence-electron chi connectivity index (χ1n) is 9.72. The summed E-state index contributed by atoms with van der Waals surface area (Å²) in [4.78, 5) is 42.5. The molecule has 1 heterocycles. The predicted octanol–water partition coefficient (Wildman–Crippen LogP) is 5.20. The van der Waals surface area contributed by atoms with Crippen molar-refractivity contribution in [1.29, 1.82) is 0 Å². The van der Waals surface area contributed by atoms with Crippen LogP contribution in [-0.4, -0.2) is 34.0 Å². The van der Waals surface area contributed by atoms with E-state index in [4.69, 9.17) is 21.1 Å². The van der Waals surface area contributed by atoms with E-state index in [-0.39, 0.29) is 23.4 Å². The lowest BCUT2D eigenvalue weighted by molar-refractivity contribution is -0.134. The first-order chi connectivity index (χ1) is 15.1. The highest BCUT2D eigenvalue weighted by Crippen LogP contribution is 2.37. The molecule has 0 aliphatic carbocycles. The molecule has 0 unspecified atom stereocenters. The number of amidine groups is 1. The third-order valence-electron chi connectivity index (χ3n) is 4.18. The van der Waals surface area contributed by atoms with E-state index >= 15 is 0 Å². The first kappa shape index (κ1) is 23.6. The summed E-state index contributed by atoms with van der Waals surface area (Å²) < 4.78 is 10.3. The topological polar surface area (TPSA) is 85.3 Å². The van der Waals surface area contributed by atoms with Gasteiger partial charge in [0.2, 0.25) is 0 Å². The smallest absolute Gasteiger partial charge is 0.308 e. The summed E-state index contributed by atoms with van der Waals surface area (Å²) in [5.41, 5.74) is 1.28. The number of esters is 2. The molecule has 0 atom stereocenters. The average Bonchev–Trinajstić information content (AvgIpc) is 3.00. The Balaban J connectivity index is 1.97. The van der Waals surface area contributed by atoms with Gasteiger partial charge in [0, 0.05) is 24.9 Å². The molecule has 166 valence electrons. The fourth-order valence-electron chi connectivity index (χ4n) is 2.89. The van der Waals surface area contributed by atoms with Gasteiger partial charge in [-0.2, -0.15) is 0 Å². The average molecular weight is 473 g/mol. The van der Waals surface area contributed by atoms with Gasteiger partial charge in [0.1, 0.15) is 0 Å². The molecule has 0 bridgehead atoms. The Labute approximate surface area is 195 Å². The van der Waals surface area contributed by atoms with Gasteiger partial charge in [0.25, 0.3) is 5.91 Å². The summed E-state index contributed by atoms with van der Waals surface area (Å²) in [5, 5.41) is 1.15. The van der Waals surface area contributed by atoms with Crippen LogP contribution in [0.5, 0.6) is 11.5 Å². The van der Waals surface area contributed by atoms with Crippen LogP contribution in [0.15, 0.2) is 52.4 Å². The number of hydrogen-bond donors (Lipinski definition) is 0. The minimum absolute atomic E-state index is 0.0910. The maximum atomic E-state index is 13.1. The van der Waals surface area contributed by atoms with Crippen molar-refractivity contribution in [2.24, 2.45) is 4.99 Å². The fraction of sp³-hybridized carbons (Fsp3) is 0.217. The third kappa shape index (κ3) is 5.77. The van der Waals surface area contributed by atoms with E-state index in [1.807, 2.05) is 13.8 Å². The number of ether oxygens (including phenoxy) is 2. The number of rotatable bonds is 5. The van der Waals surface area contributed by atoms with Gasteiger partial charge in [0.05, 0.1) is 10.6 Å². The maximum absolute atomic E-state index is 13.1. The van der Waals surface area contributed by atoms with Crippen molar-refractivity contribution in [3.8, 4) is 11.5 Å². The number of carbonyl (C=O) groups excluding carboxylic acids is 3. The maximum Gasteiger partial charge on any atom is 0.308 e. The van der Waals surface area contributed by atoms with Gasteiger partial charge in [-0.05, 0) is 73.6 Å². The Morgan fingerprint density at radius 2 is 1.66 bits per heavy atom. The largest absolute Gasteiger partial charge is 0.423 e. The second-order valence-electron chi connectivity index (χ2n) is 7.14. The lowest BCUT2D eigenvalue weighted by Gasteiger charge is -2.19. The Kier molecular flexibility index (Phi) is 7.37. The van der Waals surface area contributed by atoms with E-state index in [9.17, 15) is 14.4 Å². The lowest BCUT2D eigenvalue weighted by atomic mass is 10.1. The molecular weight excluding hydrogens is 452 g/mol. The Bertz CT molecular complexity index is 1130. The van der Waals surface area contributed by atoms with Crippen LogP contribution in [0.1, 0.15) is 33.3 Å². The predicted molar refractivity (Wildman–Crippen MR) is 125 cm³/mol. The molecule has 0 saturated carbocycles. The minimum Gasteiger partial charge on any atom is -0.423 e. The van der Waals surface area contributed by atoms with Crippen LogP contribution in [0.4, 0.5) is 5.69 Å². The van der Waals surface area contributed by atoms with Gasteiger partial charge in [-0.1, -0.05) is 17.7 Å². The number of halogens is 1. The van der Waals surface area contributed by atoms with Gasteiger partial charge < -0.3 is 9.47 Å². The number of carbonyl (C=O) groups is 3. The minimum atomic E-state index is -0.558. The zero-order valence-corrected chi connectivity index (χ0v) is 19.5. The number of aliphatic imine (C=N–C) groups is 1. The third-order valence-corrected chi connectivity index (χ3v) is 5.41. The van der Waals surface area contributed by atoms with E-state index in [1.165, 1.54) is 37.7 Å².